The van der Waals surface area contributed by atoms with Gasteiger partial charge >= 0.3 is 0 Å². The number of carbonyl (C=O) groups is 1. The number of amides is 1. The van der Waals surface area contributed by atoms with Crippen LogP contribution in [0.15, 0.2) is 82.2 Å². The molecule has 1 amide bonds. The van der Waals surface area contributed by atoms with Crippen molar-refractivity contribution in [1.82, 2.24) is 0 Å². The van der Waals surface area contributed by atoms with Gasteiger partial charge in [-0.2, -0.15) is 4.31 Å². The van der Waals surface area contributed by atoms with Gasteiger partial charge in [-0.25, -0.2) is 8.42 Å². The molecule has 0 aromatic heterocycles. The Balaban J connectivity index is 1.96. The summed E-state index contributed by atoms with van der Waals surface area (Å²) in [6.45, 7) is 1.82. The minimum Gasteiger partial charge on any atom is -0.494 e. The lowest BCUT2D eigenvalue weighted by molar-refractivity contribution is -0.119. The molecule has 9 heteroatoms. The fourth-order valence-electron chi connectivity index (χ4n) is 2.73. The largest absolute Gasteiger partial charge is 0.494 e. The first-order chi connectivity index (χ1) is 14.8. The molecule has 0 heterocycles. The fraction of sp³-hybridized carbons (Fsp3) is 0.136. The van der Waals surface area contributed by atoms with E-state index in [0.717, 1.165) is 4.31 Å². The number of ether oxygens (including phenoxy) is 2. The van der Waals surface area contributed by atoms with Crippen molar-refractivity contribution in [3.63, 3.8) is 0 Å². The molecule has 6 nitrogen and oxygen atoms in total. The Kier molecular flexibility index (Phi) is 7.59. The van der Waals surface area contributed by atoms with Gasteiger partial charge in [0, 0.05) is 5.02 Å². The highest BCUT2D eigenvalue weighted by Crippen LogP contribution is 2.28. The number of rotatable bonds is 8. The average molecular weight is 525 g/mol. The van der Waals surface area contributed by atoms with Crippen molar-refractivity contribution >= 4 is 49.1 Å². The molecule has 3 aromatic carbocycles. The highest BCUT2D eigenvalue weighted by atomic mass is 79.9. The van der Waals surface area contributed by atoms with E-state index in [2.05, 4.69) is 15.9 Å². The maximum atomic E-state index is 13.3. The van der Waals surface area contributed by atoms with Gasteiger partial charge in [-0.3, -0.25) is 4.79 Å². The number of nitrogens with zero attached hydrogens (tertiary/aromatic N) is 1. The SMILES string of the molecule is CCOc1ccc(N(C(=O)COc2ccccc2Br)S(=O)(=O)c2ccc(Cl)cc2)cc1. The van der Waals surface area contributed by atoms with Crippen LogP contribution in [0, 0.1) is 0 Å². The fourth-order valence-corrected chi connectivity index (χ4v) is 4.67. The van der Waals surface area contributed by atoms with Crippen LogP contribution in [0.25, 0.3) is 0 Å². The van der Waals surface area contributed by atoms with Crippen LogP contribution >= 0.6 is 27.5 Å². The Morgan fingerprint density at radius 2 is 1.61 bits per heavy atom. The zero-order chi connectivity index (χ0) is 22.4. The lowest BCUT2D eigenvalue weighted by Crippen LogP contribution is -2.40. The van der Waals surface area contributed by atoms with Crippen LogP contribution < -0.4 is 13.8 Å². The number of hydrogen-bond donors (Lipinski definition) is 0. The van der Waals surface area contributed by atoms with Crippen LogP contribution in [0.3, 0.4) is 0 Å². The zero-order valence-corrected chi connectivity index (χ0v) is 19.7. The van der Waals surface area contributed by atoms with Gasteiger partial charge in [-0.05, 0) is 83.5 Å². The molecule has 0 unspecified atom stereocenters. The molecule has 3 rings (SSSR count). The number of carbonyl (C=O) groups excluding carboxylic acids is 1. The summed E-state index contributed by atoms with van der Waals surface area (Å²) in [6.07, 6.45) is 0. The van der Waals surface area contributed by atoms with Crippen molar-refractivity contribution in [2.75, 3.05) is 17.5 Å². The van der Waals surface area contributed by atoms with Gasteiger partial charge in [0.25, 0.3) is 15.9 Å². The quantitative estimate of drug-likeness (QED) is 0.400. The third-order valence-electron chi connectivity index (χ3n) is 4.15. The van der Waals surface area contributed by atoms with Gasteiger partial charge in [-0.1, -0.05) is 23.7 Å². The van der Waals surface area contributed by atoms with Crippen molar-refractivity contribution in [2.24, 2.45) is 0 Å². The van der Waals surface area contributed by atoms with E-state index in [-0.39, 0.29) is 10.6 Å². The molecule has 0 fully saturated rings. The standard InChI is InChI=1S/C22H19BrClNO5S/c1-2-29-18-11-9-17(10-12-18)25(31(27,28)19-13-7-16(24)8-14-19)22(26)15-30-21-6-4-3-5-20(21)23/h3-14H,2,15H2,1H3. The van der Waals surface area contributed by atoms with E-state index in [1.165, 1.54) is 36.4 Å². The van der Waals surface area contributed by atoms with Gasteiger partial charge in [0.2, 0.25) is 0 Å². The molecular formula is C22H19BrClNO5S. The number of halogens is 2. The van der Waals surface area contributed by atoms with Crippen LogP contribution in [-0.2, 0) is 14.8 Å². The second-order valence-electron chi connectivity index (χ2n) is 6.26. The average Bonchev–Trinajstić information content (AvgIpc) is 2.75. The van der Waals surface area contributed by atoms with Crippen molar-refractivity contribution in [3.8, 4) is 11.5 Å². The molecule has 0 aliphatic rings. The van der Waals surface area contributed by atoms with Gasteiger partial charge < -0.3 is 9.47 Å². The Labute approximate surface area is 194 Å². The van der Waals surface area contributed by atoms with Gasteiger partial charge in [0.05, 0.1) is 21.7 Å². The first-order valence-corrected chi connectivity index (χ1v) is 11.9. The van der Waals surface area contributed by atoms with Crippen LogP contribution in [0.1, 0.15) is 6.92 Å². The summed E-state index contributed by atoms with van der Waals surface area (Å²) >= 11 is 9.23. The molecule has 162 valence electrons. The van der Waals surface area contributed by atoms with Crippen molar-refractivity contribution in [3.05, 3.63) is 82.3 Å². The topological polar surface area (TPSA) is 72.9 Å². The molecule has 0 saturated heterocycles. The lowest BCUT2D eigenvalue weighted by atomic mass is 10.3. The van der Waals surface area contributed by atoms with E-state index in [0.29, 0.717) is 27.6 Å². The van der Waals surface area contributed by atoms with Crippen LogP contribution in [0.5, 0.6) is 11.5 Å². The summed E-state index contributed by atoms with van der Waals surface area (Å²) in [4.78, 5) is 13.0. The van der Waals surface area contributed by atoms with E-state index >= 15 is 0 Å². The van der Waals surface area contributed by atoms with Crippen molar-refractivity contribution in [2.45, 2.75) is 11.8 Å². The number of benzene rings is 3. The minimum absolute atomic E-state index is 0.0694. The number of anilines is 1. The van der Waals surface area contributed by atoms with E-state index in [1.807, 2.05) is 6.92 Å². The molecule has 0 N–H and O–H groups in total. The predicted molar refractivity (Wildman–Crippen MR) is 123 cm³/mol. The summed E-state index contributed by atoms with van der Waals surface area (Å²) in [5.74, 6) is 0.230. The first-order valence-electron chi connectivity index (χ1n) is 9.27. The lowest BCUT2D eigenvalue weighted by Gasteiger charge is -2.23. The normalized spacial score (nSPS) is 11.1. The predicted octanol–water partition coefficient (Wildman–Crippen LogP) is 5.30. The molecule has 3 aromatic rings. The van der Waals surface area contributed by atoms with Crippen LogP contribution in [0.2, 0.25) is 5.02 Å². The van der Waals surface area contributed by atoms with E-state index in [9.17, 15) is 13.2 Å². The Hall–Kier alpha value is -2.55. The Morgan fingerprint density at radius 1 is 0.968 bits per heavy atom. The summed E-state index contributed by atoms with van der Waals surface area (Å²) < 4.78 is 39.0. The first kappa shape index (κ1) is 23.1. The van der Waals surface area contributed by atoms with Gasteiger partial charge in [0.1, 0.15) is 11.5 Å². The Morgan fingerprint density at radius 3 is 2.23 bits per heavy atom. The number of hydrogen-bond acceptors (Lipinski definition) is 5. The molecule has 0 radical (unpaired) electrons. The van der Waals surface area contributed by atoms with E-state index < -0.39 is 22.5 Å². The second-order valence-corrected chi connectivity index (χ2v) is 9.34. The van der Waals surface area contributed by atoms with Crippen molar-refractivity contribution < 1.29 is 22.7 Å². The summed E-state index contributed by atoms with van der Waals surface area (Å²) in [5.41, 5.74) is 0.166. The molecule has 0 saturated carbocycles. The monoisotopic (exact) mass is 523 g/mol. The summed E-state index contributed by atoms with van der Waals surface area (Å²) in [5, 5.41) is 0.384. The smallest absolute Gasteiger partial charge is 0.278 e. The molecule has 31 heavy (non-hydrogen) atoms. The second kappa shape index (κ2) is 10.2. The minimum atomic E-state index is -4.22. The maximum Gasteiger partial charge on any atom is 0.278 e. The molecule has 0 spiro atoms. The van der Waals surface area contributed by atoms with Gasteiger partial charge in [0.15, 0.2) is 6.61 Å². The highest BCUT2D eigenvalue weighted by molar-refractivity contribution is 9.10. The molecule has 0 atom stereocenters. The maximum absolute atomic E-state index is 13.3. The zero-order valence-electron chi connectivity index (χ0n) is 16.5. The number of sulfonamides is 1. The third kappa shape index (κ3) is 5.58. The van der Waals surface area contributed by atoms with Gasteiger partial charge in [-0.15, -0.1) is 0 Å². The van der Waals surface area contributed by atoms with E-state index in [1.54, 1.807) is 36.4 Å². The summed E-state index contributed by atoms with van der Waals surface area (Å²) in [7, 11) is -4.22. The molecular weight excluding hydrogens is 506 g/mol. The summed E-state index contributed by atoms with van der Waals surface area (Å²) in [6, 6.07) is 18.8. The van der Waals surface area contributed by atoms with Crippen LogP contribution in [-0.4, -0.2) is 27.5 Å². The van der Waals surface area contributed by atoms with Crippen LogP contribution in [0.4, 0.5) is 5.69 Å². The third-order valence-corrected chi connectivity index (χ3v) is 6.82. The highest BCUT2D eigenvalue weighted by Gasteiger charge is 2.31. The van der Waals surface area contributed by atoms with E-state index in [4.69, 9.17) is 21.1 Å². The van der Waals surface area contributed by atoms with Crippen molar-refractivity contribution in [1.29, 1.82) is 0 Å². The molecule has 0 aliphatic heterocycles. The molecule has 0 aliphatic carbocycles. The Bertz CT molecular complexity index is 1150. The number of para-hydroxylation sites is 1. The molecule has 0 bridgehead atoms.